The molecule has 8 nitrogen and oxygen atoms in total. The van der Waals surface area contributed by atoms with E-state index in [4.69, 9.17) is 9.84 Å². The largest absolute Gasteiger partial charge is 0.492 e. The zero-order valence-electron chi connectivity index (χ0n) is 18.6. The minimum Gasteiger partial charge on any atom is -0.492 e. The van der Waals surface area contributed by atoms with Crippen LogP contribution in [0.1, 0.15) is 35.4 Å². The third kappa shape index (κ3) is 6.60. The maximum Gasteiger partial charge on any atom is 0.215 e. The smallest absolute Gasteiger partial charge is 0.215 e. The van der Waals surface area contributed by atoms with Crippen molar-refractivity contribution in [2.24, 2.45) is 5.92 Å². The number of hydrogen-bond acceptors (Lipinski definition) is 7. The molecule has 1 aliphatic rings. The van der Waals surface area contributed by atoms with E-state index in [-0.39, 0.29) is 18.9 Å². The minimum absolute atomic E-state index is 0.000172. The fraction of sp³-hybridized carbons (Fsp3) is 0.320. The average molecular weight is 479 g/mol. The summed E-state index contributed by atoms with van der Waals surface area (Å²) in [5.74, 6) is 1.68. The van der Waals surface area contributed by atoms with Crippen LogP contribution < -0.4 is 9.46 Å². The number of nitriles is 1. The zero-order chi connectivity index (χ0) is 24.0. The zero-order valence-corrected chi connectivity index (χ0v) is 19.5. The highest BCUT2D eigenvalue weighted by molar-refractivity contribution is 7.88. The summed E-state index contributed by atoms with van der Waals surface area (Å²) in [4.78, 5) is 9.01. The van der Waals surface area contributed by atoms with Gasteiger partial charge in [0.05, 0.1) is 30.2 Å². The fourth-order valence-electron chi connectivity index (χ4n) is 3.45. The van der Waals surface area contributed by atoms with E-state index in [1.807, 2.05) is 24.3 Å². The van der Waals surface area contributed by atoms with E-state index in [1.165, 1.54) is 12.8 Å². The molecule has 0 spiro atoms. The molecule has 0 aliphatic heterocycles. The number of ether oxygens (including phenoxy) is 1. The second-order valence-corrected chi connectivity index (χ2v) is 10.1. The van der Waals surface area contributed by atoms with E-state index < -0.39 is 10.0 Å². The second kappa shape index (κ2) is 10.7. The molecule has 0 saturated heterocycles. The number of aliphatic hydroxyl groups excluding tert-OH is 1. The average Bonchev–Trinajstić information content (AvgIpc) is 3.67. The van der Waals surface area contributed by atoms with E-state index in [1.54, 1.807) is 30.5 Å². The Morgan fingerprint density at radius 2 is 1.88 bits per heavy atom. The van der Waals surface area contributed by atoms with Crippen molar-refractivity contribution in [3.8, 4) is 23.1 Å². The summed E-state index contributed by atoms with van der Waals surface area (Å²) in [5, 5.41) is 18.3. The highest BCUT2D eigenvalue weighted by atomic mass is 32.2. The number of nitrogens with one attached hydrogen (secondary N) is 1. The van der Waals surface area contributed by atoms with Gasteiger partial charge in [-0.05, 0) is 54.2 Å². The Bertz CT molecular complexity index is 1280. The van der Waals surface area contributed by atoms with Gasteiger partial charge >= 0.3 is 0 Å². The predicted octanol–water partition coefficient (Wildman–Crippen LogP) is 2.81. The molecular formula is C25H26N4O4S. The van der Waals surface area contributed by atoms with E-state index in [2.05, 4.69) is 20.8 Å². The lowest BCUT2D eigenvalue weighted by molar-refractivity contribution is 0.299. The van der Waals surface area contributed by atoms with E-state index in [0.29, 0.717) is 47.3 Å². The van der Waals surface area contributed by atoms with Gasteiger partial charge in [0.15, 0.2) is 0 Å². The topological polar surface area (TPSA) is 125 Å². The van der Waals surface area contributed by atoms with Gasteiger partial charge in [-0.15, -0.1) is 0 Å². The van der Waals surface area contributed by atoms with Gasteiger partial charge in [-0.2, -0.15) is 5.26 Å². The number of rotatable bonds is 11. The van der Waals surface area contributed by atoms with Crippen LogP contribution in [0, 0.1) is 17.2 Å². The Balaban J connectivity index is 1.44. The van der Waals surface area contributed by atoms with Crippen LogP contribution in [0.4, 0.5) is 0 Å². The maximum atomic E-state index is 12.0. The third-order valence-corrected chi connectivity index (χ3v) is 6.81. The monoisotopic (exact) mass is 478 g/mol. The minimum atomic E-state index is -3.49. The molecule has 1 aliphatic carbocycles. The second-order valence-electron chi connectivity index (χ2n) is 8.31. The highest BCUT2D eigenvalue weighted by Gasteiger charge is 2.22. The van der Waals surface area contributed by atoms with E-state index in [0.717, 1.165) is 11.1 Å². The number of aromatic nitrogens is 2. The first kappa shape index (κ1) is 23.8. The summed E-state index contributed by atoms with van der Waals surface area (Å²) >= 11 is 0. The Morgan fingerprint density at radius 1 is 1.12 bits per heavy atom. The number of nitrogens with zero attached hydrogens (tertiary/aromatic N) is 3. The molecule has 0 bridgehead atoms. The number of sulfonamides is 1. The van der Waals surface area contributed by atoms with Crippen LogP contribution in [0.15, 0.2) is 54.7 Å². The molecule has 1 heterocycles. The van der Waals surface area contributed by atoms with Gasteiger partial charge in [-0.1, -0.05) is 24.3 Å². The molecule has 1 aromatic heterocycles. The molecule has 2 N–H and O–H groups in total. The Kier molecular flexibility index (Phi) is 7.53. The van der Waals surface area contributed by atoms with E-state index in [9.17, 15) is 13.7 Å². The molecule has 2 aromatic carbocycles. The third-order valence-electron chi connectivity index (χ3n) is 5.45. The first-order valence-electron chi connectivity index (χ1n) is 11.1. The molecule has 0 atom stereocenters. The van der Waals surface area contributed by atoms with E-state index >= 15 is 0 Å². The molecule has 1 saturated carbocycles. The molecule has 3 aromatic rings. The Hall–Kier alpha value is -3.32. The first-order chi connectivity index (χ1) is 16.5. The molecule has 176 valence electrons. The summed E-state index contributed by atoms with van der Waals surface area (Å²) in [6.45, 7) is 0.406. The van der Waals surface area contributed by atoms with Crippen LogP contribution in [-0.4, -0.2) is 43.3 Å². The summed E-state index contributed by atoms with van der Waals surface area (Å²) in [6.07, 6.45) is 4.55. The molecule has 1 fully saturated rings. The van der Waals surface area contributed by atoms with Crippen molar-refractivity contribution >= 4 is 10.0 Å². The number of aliphatic hydroxyl groups is 1. The fourth-order valence-corrected chi connectivity index (χ4v) is 4.58. The number of hydrogen-bond donors (Lipinski definition) is 2. The van der Waals surface area contributed by atoms with Gasteiger partial charge in [0, 0.05) is 24.7 Å². The normalized spacial score (nSPS) is 13.4. The molecule has 0 unspecified atom stereocenters. The van der Waals surface area contributed by atoms with Crippen molar-refractivity contribution in [2.75, 3.05) is 19.8 Å². The summed E-state index contributed by atoms with van der Waals surface area (Å²) < 4.78 is 32.1. The van der Waals surface area contributed by atoms with Crippen molar-refractivity contribution in [3.63, 3.8) is 0 Å². The Morgan fingerprint density at radius 3 is 2.59 bits per heavy atom. The molecular weight excluding hydrogens is 452 g/mol. The lowest BCUT2D eigenvalue weighted by Gasteiger charge is -2.10. The number of benzene rings is 2. The standard InChI is InChI=1S/C25H26N4O4S/c26-15-22-14-21(7-8-24(22)33-16-19-3-4-19)23-9-10-27-25(29-23)13-18-1-5-20(6-2-18)17-34(31,32)28-11-12-30/h1-2,5-10,14,19,28,30H,3-4,11-13,16-17H2. The van der Waals surface area contributed by atoms with Crippen LogP contribution in [0.2, 0.25) is 0 Å². The van der Waals surface area contributed by atoms with Crippen LogP contribution in [0.25, 0.3) is 11.3 Å². The summed E-state index contributed by atoms with van der Waals surface area (Å²) in [6, 6.07) is 16.7. The van der Waals surface area contributed by atoms with Crippen LogP contribution in [0.3, 0.4) is 0 Å². The molecule has 0 amide bonds. The van der Waals surface area contributed by atoms with Crippen molar-refractivity contribution in [1.29, 1.82) is 5.26 Å². The lowest BCUT2D eigenvalue weighted by Crippen LogP contribution is -2.27. The SMILES string of the molecule is N#Cc1cc(-c2ccnc(Cc3ccc(CS(=O)(=O)NCCO)cc3)n2)ccc1OCC1CC1. The summed E-state index contributed by atoms with van der Waals surface area (Å²) in [7, 11) is -3.49. The van der Waals surface area contributed by atoms with Gasteiger partial charge in [0.1, 0.15) is 17.6 Å². The predicted molar refractivity (Wildman–Crippen MR) is 127 cm³/mol. The maximum absolute atomic E-state index is 12.0. The van der Waals surface area contributed by atoms with Crippen LogP contribution in [-0.2, 0) is 22.2 Å². The van der Waals surface area contributed by atoms with Gasteiger partial charge in [-0.25, -0.2) is 23.1 Å². The quantitative estimate of drug-likeness (QED) is 0.434. The lowest BCUT2D eigenvalue weighted by atomic mass is 10.1. The van der Waals surface area contributed by atoms with Gasteiger partial charge in [0.2, 0.25) is 10.0 Å². The van der Waals surface area contributed by atoms with Crippen molar-refractivity contribution in [3.05, 3.63) is 77.2 Å². The van der Waals surface area contributed by atoms with Gasteiger partial charge in [0.25, 0.3) is 0 Å². The van der Waals surface area contributed by atoms with Crippen molar-refractivity contribution in [1.82, 2.24) is 14.7 Å². The summed E-state index contributed by atoms with van der Waals surface area (Å²) in [5.41, 5.74) is 3.61. The molecule has 34 heavy (non-hydrogen) atoms. The molecule has 9 heteroatoms. The van der Waals surface area contributed by atoms with Crippen LogP contribution in [0.5, 0.6) is 5.75 Å². The molecule has 4 rings (SSSR count). The van der Waals surface area contributed by atoms with Gasteiger partial charge < -0.3 is 9.84 Å². The van der Waals surface area contributed by atoms with Crippen LogP contribution >= 0.6 is 0 Å². The highest BCUT2D eigenvalue weighted by Crippen LogP contribution is 2.31. The van der Waals surface area contributed by atoms with Crippen molar-refractivity contribution < 1.29 is 18.3 Å². The van der Waals surface area contributed by atoms with Crippen molar-refractivity contribution in [2.45, 2.75) is 25.0 Å². The molecule has 0 radical (unpaired) electrons. The Labute approximate surface area is 199 Å². The van der Waals surface area contributed by atoms with Gasteiger partial charge in [-0.3, -0.25) is 0 Å². The first-order valence-corrected chi connectivity index (χ1v) is 12.8.